The first kappa shape index (κ1) is 10.5. The van der Waals surface area contributed by atoms with Crippen molar-refractivity contribution in [1.82, 2.24) is 0 Å². The molecule has 0 radical (unpaired) electrons. The van der Waals surface area contributed by atoms with Gasteiger partial charge in [0.1, 0.15) is 0 Å². The van der Waals surface area contributed by atoms with E-state index in [0.29, 0.717) is 13.0 Å². The van der Waals surface area contributed by atoms with Crippen molar-refractivity contribution in [3.63, 3.8) is 0 Å². The minimum Gasteiger partial charge on any atom is -0.353 e. The standard InChI is InChI=1S/C10H13ClO2/c1-2-10(11,12)13-8-9-6-4-3-5-7-9/h3-7,12H,2,8H2,1H3. The zero-order valence-electron chi connectivity index (χ0n) is 7.53. The van der Waals surface area contributed by atoms with Crippen LogP contribution in [0.15, 0.2) is 30.3 Å². The van der Waals surface area contributed by atoms with Crippen LogP contribution in [-0.4, -0.2) is 10.4 Å². The summed E-state index contributed by atoms with van der Waals surface area (Å²) in [6.07, 6.45) is 0.362. The number of benzene rings is 1. The highest BCUT2D eigenvalue weighted by Gasteiger charge is 2.20. The van der Waals surface area contributed by atoms with Crippen molar-refractivity contribution in [3.8, 4) is 0 Å². The first-order chi connectivity index (χ1) is 6.14. The monoisotopic (exact) mass is 200 g/mol. The van der Waals surface area contributed by atoms with E-state index >= 15 is 0 Å². The molecule has 1 unspecified atom stereocenters. The molecule has 1 rings (SSSR count). The van der Waals surface area contributed by atoms with Crippen molar-refractivity contribution in [2.45, 2.75) is 25.2 Å². The van der Waals surface area contributed by atoms with E-state index in [-0.39, 0.29) is 0 Å². The molecule has 0 spiro atoms. The van der Waals surface area contributed by atoms with Gasteiger partial charge in [0.25, 0.3) is 0 Å². The highest BCUT2D eigenvalue weighted by molar-refractivity contribution is 6.21. The van der Waals surface area contributed by atoms with Gasteiger partial charge in [0, 0.05) is 6.42 Å². The van der Waals surface area contributed by atoms with E-state index in [2.05, 4.69) is 0 Å². The second kappa shape index (κ2) is 4.61. The summed E-state index contributed by atoms with van der Waals surface area (Å²) in [6, 6.07) is 9.59. The Morgan fingerprint density at radius 3 is 2.54 bits per heavy atom. The Bertz CT molecular complexity index is 246. The van der Waals surface area contributed by atoms with Gasteiger partial charge in [-0.15, -0.1) is 0 Å². The van der Waals surface area contributed by atoms with Gasteiger partial charge >= 0.3 is 0 Å². The van der Waals surface area contributed by atoms with Gasteiger partial charge in [-0.1, -0.05) is 48.9 Å². The van der Waals surface area contributed by atoms with Crippen molar-refractivity contribution in [1.29, 1.82) is 0 Å². The summed E-state index contributed by atoms with van der Waals surface area (Å²) in [5.41, 5.74) is 0.995. The summed E-state index contributed by atoms with van der Waals surface area (Å²) in [5, 5.41) is 7.80. The number of hydrogen-bond donors (Lipinski definition) is 1. The summed E-state index contributed by atoms with van der Waals surface area (Å²) in [5.74, 6) is 0. The molecule has 0 fully saturated rings. The summed E-state index contributed by atoms with van der Waals surface area (Å²) in [7, 11) is 0. The molecule has 0 aliphatic carbocycles. The number of ether oxygens (including phenoxy) is 1. The van der Waals surface area contributed by atoms with Crippen molar-refractivity contribution >= 4 is 11.6 Å². The van der Waals surface area contributed by atoms with Crippen molar-refractivity contribution in [2.75, 3.05) is 0 Å². The Labute approximate surface area is 83.1 Å². The van der Waals surface area contributed by atoms with E-state index in [4.69, 9.17) is 16.3 Å². The molecule has 0 aliphatic rings. The fourth-order valence-corrected chi connectivity index (χ4v) is 0.925. The second-order valence-corrected chi connectivity index (χ2v) is 3.41. The summed E-state index contributed by atoms with van der Waals surface area (Å²) in [4.78, 5) is 0. The molecule has 1 aromatic rings. The van der Waals surface area contributed by atoms with Crippen LogP contribution in [0.1, 0.15) is 18.9 Å². The normalized spacial score (nSPS) is 15.3. The molecule has 0 aliphatic heterocycles. The average molecular weight is 201 g/mol. The van der Waals surface area contributed by atoms with Gasteiger partial charge in [0.15, 0.2) is 0 Å². The third kappa shape index (κ3) is 3.77. The lowest BCUT2D eigenvalue weighted by Gasteiger charge is -2.18. The number of rotatable bonds is 4. The number of aliphatic hydroxyl groups is 1. The minimum absolute atomic E-state index is 0.328. The molecule has 3 heteroatoms. The van der Waals surface area contributed by atoms with Gasteiger partial charge in [0.2, 0.25) is 5.25 Å². The topological polar surface area (TPSA) is 29.5 Å². The van der Waals surface area contributed by atoms with E-state index in [1.165, 1.54) is 0 Å². The Hall–Kier alpha value is -0.570. The molecule has 0 amide bonds. The maximum atomic E-state index is 9.33. The Balaban J connectivity index is 2.44. The molecule has 72 valence electrons. The van der Waals surface area contributed by atoms with Crippen LogP contribution in [0.25, 0.3) is 0 Å². The largest absolute Gasteiger partial charge is 0.353 e. The van der Waals surface area contributed by atoms with Crippen LogP contribution in [0.3, 0.4) is 0 Å². The molecule has 2 nitrogen and oxygen atoms in total. The zero-order valence-corrected chi connectivity index (χ0v) is 8.29. The molecular formula is C10H13ClO2. The van der Waals surface area contributed by atoms with Crippen molar-refractivity contribution in [3.05, 3.63) is 35.9 Å². The fourth-order valence-electron chi connectivity index (χ4n) is 0.870. The Morgan fingerprint density at radius 1 is 1.38 bits per heavy atom. The smallest absolute Gasteiger partial charge is 0.245 e. The number of halogens is 1. The lowest BCUT2D eigenvalue weighted by molar-refractivity contribution is -0.147. The van der Waals surface area contributed by atoms with Gasteiger partial charge in [-0.3, -0.25) is 0 Å². The van der Waals surface area contributed by atoms with Crippen LogP contribution in [0, 0.1) is 0 Å². The van der Waals surface area contributed by atoms with Crippen molar-refractivity contribution in [2.24, 2.45) is 0 Å². The maximum absolute atomic E-state index is 9.33. The van der Waals surface area contributed by atoms with Crippen LogP contribution >= 0.6 is 11.6 Å². The van der Waals surface area contributed by atoms with Crippen molar-refractivity contribution < 1.29 is 9.84 Å². The van der Waals surface area contributed by atoms with Gasteiger partial charge in [-0.25, -0.2) is 0 Å². The Morgan fingerprint density at radius 2 is 2.00 bits per heavy atom. The minimum atomic E-state index is -1.53. The first-order valence-electron chi connectivity index (χ1n) is 4.23. The predicted octanol–water partition coefficient (Wildman–Crippen LogP) is 2.50. The highest BCUT2D eigenvalue weighted by atomic mass is 35.5. The first-order valence-corrected chi connectivity index (χ1v) is 4.61. The lowest BCUT2D eigenvalue weighted by atomic mass is 10.2. The van der Waals surface area contributed by atoms with Crippen LogP contribution in [0.4, 0.5) is 0 Å². The molecule has 1 atom stereocenters. The zero-order chi connectivity index (χ0) is 9.73. The number of alkyl halides is 1. The van der Waals surface area contributed by atoms with Gasteiger partial charge < -0.3 is 9.84 Å². The lowest BCUT2D eigenvalue weighted by Crippen LogP contribution is -2.23. The molecule has 1 aromatic carbocycles. The van der Waals surface area contributed by atoms with Crippen LogP contribution in [0.5, 0.6) is 0 Å². The van der Waals surface area contributed by atoms with E-state index < -0.39 is 5.25 Å². The highest BCUT2D eigenvalue weighted by Crippen LogP contribution is 2.18. The Kier molecular flexibility index (Phi) is 3.72. The average Bonchev–Trinajstić information content (AvgIpc) is 2.17. The van der Waals surface area contributed by atoms with Crippen LogP contribution in [0.2, 0.25) is 0 Å². The van der Waals surface area contributed by atoms with Gasteiger partial charge in [0.05, 0.1) is 6.61 Å². The number of hydrogen-bond acceptors (Lipinski definition) is 2. The molecule has 1 N–H and O–H groups in total. The predicted molar refractivity (Wildman–Crippen MR) is 52.3 cm³/mol. The molecule has 13 heavy (non-hydrogen) atoms. The van der Waals surface area contributed by atoms with Crippen LogP contribution in [-0.2, 0) is 11.3 Å². The summed E-state index contributed by atoms with van der Waals surface area (Å²) in [6.45, 7) is 2.09. The molecule has 0 saturated carbocycles. The van der Waals surface area contributed by atoms with Gasteiger partial charge in [-0.2, -0.15) is 0 Å². The SMILES string of the molecule is CCC(O)(Cl)OCc1ccccc1. The second-order valence-electron chi connectivity index (χ2n) is 2.82. The van der Waals surface area contributed by atoms with E-state index in [1.807, 2.05) is 30.3 Å². The molecule has 0 heterocycles. The van der Waals surface area contributed by atoms with Crippen LogP contribution < -0.4 is 0 Å². The summed E-state index contributed by atoms with van der Waals surface area (Å²) < 4.78 is 5.09. The fraction of sp³-hybridized carbons (Fsp3) is 0.400. The third-order valence-corrected chi connectivity index (χ3v) is 2.12. The molecule has 0 aromatic heterocycles. The third-order valence-electron chi connectivity index (χ3n) is 1.74. The quantitative estimate of drug-likeness (QED) is 0.598. The van der Waals surface area contributed by atoms with E-state index in [9.17, 15) is 5.11 Å². The summed E-state index contributed by atoms with van der Waals surface area (Å²) >= 11 is 5.60. The van der Waals surface area contributed by atoms with E-state index in [1.54, 1.807) is 6.92 Å². The van der Waals surface area contributed by atoms with E-state index in [0.717, 1.165) is 5.56 Å². The molecule has 0 saturated heterocycles. The molecular weight excluding hydrogens is 188 g/mol. The maximum Gasteiger partial charge on any atom is 0.245 e. The molecule has 0 bridgehead atoms. The van der Waals surface area contributed by atoms with Gasteiger partial charge in [-0.05, 0) is 5.56 Å².